The number of para-hydroxylation sites is 1. The summed E-state index contributed by atoms with van der Waals surface area (Å²) in [6, 6.07) is 15.5. The molecule has 174 valence electrons. The normalized spacial score (nSPS) is 12.6. The van der Waals surface area contributed by atoms with Crippen LogP contribution in [-0.4, -0.2) is 59.4 Å². The maximum Gasteiger partial charge on any atom is 0.251 e. The first-order valence-corrected chi connectivity index (χ1v) is 12.2. The van der Waals surface area contributed by atoms with Crippen LogP contribution in [0.25, 0.3) is 26.8 Å². The first-order valence-electron chi connectivity index (χ1n) is 11.0. The lowest BCUT2D eigenvalue weighted by Crippen LogP contribution is -2.31. The van der Waals surface area contributed by atoms with Crippen LogP contribution < -0.4 is 10.1 Å². The van der Waals surface area contributed by atoms with E-state index in [1.54, 1.807) is 17.7 Å². The Morgan fingerprint density at radius 1 is 1.24 bits per heavy atom. The first kappa shape index (κ1) is 22.6. The van der Waals surface area contributed by atoms with Crippen molar-refractivity contribution >= 4 is 28.8 Å². The summed E-state index contributed by atoms with van der Waals surface area (Å²) in [4.78, 5) is 16.7. The van der Waals surface area contributed by atoms with Gasteiger partial charge in [0, 0.05) is 35.5 Å². The number of hydrogen-bond acceptors (Lipinski definition) is 6. The zero-order valence-corrected chi connectivity index (χ0v) is 20.5. The Balaban J connectivity index is 1.47. The lowest BCUT2D eigenvalue weighted by atomic mass is 10.0. The number of likely N-dealkylation sites (N-methyl/N-ethyl adjacent to an activating group) is 1. The van der Waals surface area contributed by atoms with E-state index in [4.69, 9.17) is 16.3 Å². The third-order valence-electron chi connectivity index (χ3n) is 5.65. The molecule has 9 heteroatoms. The SMILES string of the molecule is CN(C)CCNC(=O)c1ccc2c(c1)OCCc1cc(-c3nncn3-c3ccccc3Cl)sc1-2. The van der Waals surface area contributed by atoms with Crippen LogP contribution in [0.1, 0.15) is 15.9 Å². The van der Waals surface area contributed by atoms with Gasteiger partial charge in [-0.15, -0.1) is 21.5 Å². The fourth-order valence-corrected chi connectivity index (χ4v) is 5.36. The van der Waals surface area contributed by atoms with Crippen LogP contribution in [0.5, 0.6) is 5.75 Å². The second-order valence-electron chi connectivity index (χ2n) is 8.31. The van der Waals surface area contributed by atoms with Gasteiger partial charge < -0.3 is 15.0 Å². The van der Waals surface area contributed by atoms with Gasteiger partial charge in [-0.2, -0.15) is 0 Å². The number of nitrogens with one attached hydrogen (secondary N) is 1. The highest BCUT2D eigenvalue weighted by molar-refractivity contribution is 7.19. The molecule has 0 aliphatic carbocycles. The van der Waals surface area contributed by atoms with E-state index in [1.165, 1.54) is 5.56 Å². The molecule has 5 rings (SSSR count). The van der Waals surface area contributed by atoms with Crippen molar-refractivity contribution in [3.63, 3.8) is 0 Å². The molecule has 3 heterocycles. The lowest BCUT2D eigenvalue weighted by Gasteiger charge is -2.12. The van der Waals surface area contributed by atoms with E-state index < -0.39 is 0 Å². The van der Waals surface area contributed by atoms with Gasteiger partial charge in [0.15, 0.2) is 5.82 Å². The summed E-state index contributed by atoms with van der Waals surface area (Å²) in [5, 5.41) is 12.1. The number of hydrogen-bond donors (Lipinski definition) is 1. The number of thiophene rings is 1. The number of rotatable bonds is 6. The predicted octanol–water partition coefficient (Wildman–Crippen LogP) is 4.54. The summed E-state index contributed by atoms with van der Waals surface area (Å²) in [7, 11) is 3.96. The highest BCUT2D eigenvalue weighted by Crippen LogP contribution is 2.44. The molecule has 1 amide bonds. The Hall–Kier alpha value is -3.20. The number of fused-ring (bicyclic) bond motifs is 3. The molecule has 1 N–H and O–H groups in total. The highest BCUT2D eigenvalue weighted by Gasteiger charge is 2.23. The standard InChI is InChI=1S/C25H24ClN5O2S/c1-30(2)11-10-27-25(32)17-7-8-18-21(13-17)33-12-9-16-14-22(34-23(16)18)24-29-28-15-31(24)20-6-4-3-5-19(20)26/h3-8,13-15H,9-12H2,1-2H3,(H,27,32). The second kappa shape index (κ2) is 9.58. The molecule has 1 aliphatic heterocycles. The highest BCUT2D eigenvalue weighted by atomic mass is 35.5. The van der Waals surface area contributed by atoms with Gasteiger partial charge in [0.2, 0.25) is 0 Å². The zero-order valence-electron chi connectivity index (χ0n) is 18.9. The van der Waals surface area contributed by atoms with Crippen molar-refractivity contribution in [2.75, 3.05) is 33.8 Å². The topological polar surface area (TPSA) is 72.3 Å². The Bertz CT molecular complexity index is 1350. The maximum atomic E-state index is 12.6. The van der Waals surface area contributed by atoms with Crippen LogP contribution in [0.4, 0.5) is 0 Å². The van der Waals surface area contributed by atoms with E-state index in [2.05, 4.69) is 21.6 Å². The third-order valence-corrected chi connectivity index (χ3v) is 7.18. The van der Waals surface area contributed by atoms with Crippen molar-refractivity contribution in [3.8, 4) is 32.6 Å². The molecule has 0 saturated carbocycles. The zero-order chi connectivity index (χ0) is 23.7. The van der Waals surface area contributed by atoms with E-state index >= 15 is 0 Å². The molecule has 0 radical (unpaired) electrons. The number of carbonyl (C=O) groups is 1. The molecule has 4 aromatic rings. The van der Waals surface area contributed by atoms with Crippen LogP contribution >= 0.6 is 22.9 Å². The molecule has 0 fully saturated rings. The second-order valence-corrected chi connectivity index (χ2v) is 9.77. The van der Waals surface area contributed by atoms with Gasteiger partial charge >= 0.3 is 0 Å². The smallest absolute Gasteiger partial charge is 0.251 e. The Morgan fingerprint density at radius 3 is 2.91 bits per heavy atom. The molecule has 0 saturated heterocycles. The minimum Gasteiger partial charge on any atom is -0.493 e. The summed E-state index contributed by atoms with van der Waals surface area (Å²) in [5.41, 5.74) is 3.60. The largest absolute Gasteiger partial charge is 0.493 e. The summed E-state index contributed by atoms with van der Waals surface area (Å²) >= 11 is 8.07. The number of ether oxygens (including phenoxy) is 1. The Kier molecular flexibility index (Phi) is 6.36. The molecular weight excluding hydrogens is 470 g/mol. The van der Waals surface area contributed by atoms with Gasteiger partial charge in [-0.1, -0.05) is 23.7 Å². The summed E-state index contributed by atoms with van der Waals surface area (Å²) in [5.74, 6) is 1.36. The van der Waals surface area contributed by atoms with Crippen molar-refractivity contribution < 1.29 is 9.53 Å². The van der Waals surface area contributed by atoms with Crippen LogP contribution in [0.3, 0.4) is 0 Å². The number of amides is 1. The van der Waals surface area contributed by atoms with Gasteiger partial charge in [0.25, 0.3) is 5.91 Å². The number of carbonyl (C=O) groups excluding carboxylic acids is 1. The number of aromatic nitrogens is 3. The van der Waals surface area contributed by atoms with Gasteiger partial charge in [0.05, 0.1) is 22.2 Å². The molecular formula is C25H24ClN5O2S. The molecule has 0 atom stereocenters. The average Bonchev–Trinajstić information content (AvgIpc) is 3.43. The van der Waals surface area contributed by atoms with Gasteiger partial charge in [-0.05, 0) is 56.1 Å². The maximum absolute atomic E-state index is 12.6. The van der Waals surface area contributed by atoms with Crippen molar-refractivity contribution in [2.24, 2.45) is 0 Å². The molecule has 0 unspecified atom stereocenters. The van der Waals surface area contributed by atoms with E-state index in [1.807, 2.05) is 66.0 Å². The molecule has 1 aliphatic rings. The van der Waals surface area contributed by atoms with Crippen LogP contribution in [0.15, 0.2) is 54.9 Å². The average molecular weight is 494 g/mol. The van der Waals surface area contributed by atoms with E-state index in [0.717, 1.165) is 45.5 Å². The third kappa shape index (κ3) is 4.44. The molecule has 7 nitrogen and oxygen atoms in total. The fourth-order valence-electron chi connectivity index (χ4n) is 3.92. The molecule has 0 bridgehead atoms. The summed E-state index contributed by atoms with van der Waals surface area (Å²) in [6.07, 6.45) is 2.45. The van der Waals surface area contributed by atoms with Crippen molar-refractivity contribution in [3.05, 3.63) is 71.0 Å². The number of nitrogens with zero attached hydrogens (tertiary/aromatic N) is 4. The van der Waals surface area contributed by atoms with Crippen molar-refractivity contribution in [2.45, 2.75) is 6.42 Å². The quantitative estimate of drug-likeness (QED) is 0.427. The van der Waals surface area contributed by atoms with Crippen LogP contribution in [-0.2, 0) is 6.42 Å². The van der Waals surface area contributed by atoms with Gasteiger partial charge in [0.1, 0.15) is 12.1 Å². The molecule has 2 aromatic heterocycles. The monoisotopic (exact) mass is 493 g/mol. The van der Waals surface area contributed by atoms with E-state index in [9.17, 15) is 4.79 Å². The Morgan fingerprint density at radius 2 is 2.09 bits per heavy atom. The fraction of sp³-hybridized carbons (Fsp3) is 0.240. The van der Waals surface area contributed by atoms with Crippen molar-refractivity contribution in [1.29, 1.82) is 0 Å². The predicted molar refractivity (Wildman–Crippen MR) is 135 cm³/mol. The van der Waals surface area contributed by atoms with Crippen LogP contribution in [0, 0.1) is 0 Å². The molecule has 34 heavy (non-hydrogen) atoms. The summed E-state index contributed by atoms with van der Waals surface area (Å²) < 4.78 is 7.94. The molecule has 2 aromatic carbocycles. The first-order chi connectivity index (χ1) is 16.5. The van der Waals surface area contributed by atoms with Crippen molar-refractivity contribution in [1.82, 2.24) is 25.0 Å². The lowest BCUT2D eigenvalue weighted by molar-refractivity contribution is 0.0950. The van der Waals surface area contributed by atoms with Gasteiger partial charge in [-0.25, -0.2) is 0 Å². The number of halogens is 1. The number of benzene rings is 2. The minimum absolute atomic E-state index is 0.0996. The van der Waals surface area contributed by atoms with E-state index in [0.29, 0.717) is 23.7 Å². The molecule has 0 spiro atoms. The Labute approximate surface area is 207 Å². The van der Waals surface area contributed by atoms with Gasteiger partial charge in [-0.3, -0.25) is 9.36 Å². The minimum atomic E-state index is -0.0996. The van der Waals surface area contributed by atoms with E-state index in [-0.39, 0.29) is 5.91 Å². The summed E-state index contributed by atoms with van der Waals surface area (Å²) in [6.45, 7) is 1.92. The van der Waals surface area contributed by atoms with Crippen LogP contribution in [0.2, 0.25) is 5.02 Å².